The normalized spacial score (nSPS) is 12.2. The molecule has 0 N–H and O–H groups in total. The van der Waals surface area contributed by atoms with E-state index >= 15 is 0 Å². The molecule has 0 fully saturated rings. The zero-order valence-electron chi connectivity index (χ0n) is 12.6. The molecule has 3 nitrogen and oxygen atoms in total. The fourth-order valence-electron chi connectivity index (χ4n) is 2.25. The van der Waals surface area contributed by atoms with E-state index in [1.807, 2.05) is 30.3 Å². The molecule has 1 heterocycles. The molecule has 0 saturated heterocycles. The predicted octanol–water partition coefficient (Wildman–Crippen LogP) is 4.09. The molecular weight excluding hydrogens is 290 g/mol. The molecule has 0 aliphatic heterocycles. The lowest BCUT2D eigenvalue weighted by Gasteiger charge is -2.04. The Labute approximate surface area is 133 Å². The van der Waals surface area contributed by atoms with Gasteiger partial charge in [-0.2, -0.15) is 5.10 Å². The second kappa shape index (κ2) is 6.54. The largest absolute Gasteiger partial charge is 0.288 e. The fraction of sp³-hybridized carbons (Fsp3) is 0.111. The van der Waals surface area contributed by atoms with Crippen molar-refractivity contribution in [3.8, 4) is 5.69 Å². The highest BCUT2D eigenvalue weighted by atomic mass is 32.1. The maximum atomic E-state index is 4.38. The molecule has 0 saturated carbocycles. The number of aromatic nitrogens is 1. The molecule has 0 unspecified atom stereocenters. The van der Waals surface area contributed by atoms with Crippen LogP contribution in [0.2, 0.25) is 0 Å². The highest BCUT2D eigenvalue weighted by Gasteiger charge is 2.02. The Bertz CT molecular complexity index is 857. The lowest BCUT2D eigenvalue weighted by Crippen LogP contribution is -2.13. The number of hydrogen-bond donors (Lipinski definition) is 0. The van der Waals surface area contributed by atoms with Gasteiger partial charge in [-0.05, 0) is 31.5 Å². The SMILES string of the molecule is Cc1cccc(/C=N\N=c2/scc(C)n2-c2ccccc2)c1. The van der Waals surface area contributed by atoms with Crippen LogP contribution in [-0.4, -0.2) is 10.8 Å². The Kier molecular flexibility index (Phi) is 4.30. The van der Waals surface area contributed by atoms with Crippen molar-refractivity contribution in [2.24, 2.45) is 10.2 Å². The van der Waals surface area contributed by atoms with E-state index in [4.69, 9.17) is 0 Å². The van der Waals surface area contributed by atoms with Gasteiger partial charge in [-0.25, -0.2) is 0 Å². The highest BCUT2D eigenvalue weighted by molar-refractivity contribution is 7.07. The summed E-state index contributed by atoms with van der Waals surface area (Å²) < 4.78 is 2.11. The molecule has 22 heavy (non-hydrogen) atoms. The Balaban J connectivity index is 1.96. The number of benzene rings is 2. The molecule has 1 aromatic heterocycles. The molecular formula is C18H17N3S. The number of rotatable bonds is 3. The van der Waals surface area contributed by atoms with Gasteiger partial charge in [0.05, 0.1) is 6.21 Å². The van der Waals surface area contributed by atoms with Crippen LogP contribution in [-0.2, 0) is 0 Å². The van der Waals surface area contributed by atoms with Crippen molar-refractivity contribution in [1.82, 2.24) is 4.57 Å². The third-order valence-electron chi connectivity index (χ3n) is 3.29. The van der Waals surface area contributed by atoms with E-state index in [2.05, 4.69) is 58.3 Å². The van der Waals surface area contributed by atoms with Crippen molar-refractivity contribution in [3.63, 3.8) is 0 Å². The van der Waals surface area contributed by atoms with Crippen LogP contribution >= 0.6 is 11.3 Å². The minimum Gasteiger partial charge on any atom is -0.288 e. The molecule has 4 heteroatoms. The zero-order chi connectivity index (χ0) is 15.4. The highest BCUT2D eigenvalue weighted by Crippen LogP contribution is 2.10. The van der Waals surface area contributed by atoms with E-state index < -0.39 is 0 Å². The van der Waals surface area contributed by atoms with Crippen LogP contribution < -0.4 is 4.80 Å². The topological polar surface area (TPSA) is 29.6 Å². The summed E-state index contributed by atoms with van der Waals surface area (Å²) in [5, 5.41) is 10.7. The summed E-state index contributed by atoms with van der Waals surface area (Å²) in [6.45, 7) is 4.15. The lowest BCUT2D eigenvalue weighted by molar-refractivity contribution is 0.927. The van der Waals surface area contributed by atoms with Gasteiger partial charge in [0.1, 0.15) is 0 Å². The van der Waals surface area contributed by atoms with Gasteiger partial charge in [0.2, 0.25) is 4.80 Å². The molecule has 0 bridgehead atoms. The third kappa shape index (κ3) is 3.23. The van der Waals surface area contributed by atoms with Crippen LogP contribution in [0, 0.1) is 13.8 Å². The molecule has 0 spiro atoms. The van der Waals surface area contributed by atoms with Gasteiger partial charge in [0, 0.05) is 16.8 Å². The summed E-state index contributed by atoms with van der Waals surface area (Å²) in [5.41, 5.74) is 4.53. The number of aryl methyl sites for hydroxylation is 2. The van der Waals surface area contributed by atoms with Gasteiger partial charge in [-0.3, -0.25) is 4.57 Å². The van der Waals surface area contributed by atoms with Crippen molar-refractivity contribution in [3.05, 3.63) is 81.6 Å². The number of hydrogen-bond acceptors (Lipinski definition) is 3. The monoisotopic (exact) mass is 307 g/mol. The maximum absolute atomic E-state index is 4.38. The number of nitrogens with zero attached hydrogens (tertiary/aromatic N) is 3. The first-order valence-electron chi connectivity index (χ1n) is 7.10. The first-order valence-corrected chi connectivity index (χ1v) is 7.98. The van der Waals surface area contributed by atoms with Crippen LogP contribution in [0.4, 0.5) is 0 Å². The van der Waals surface area contributed by atoms with Gasteiger partial charge < -0.3 is 0 Å². The van der Waals surface area contributed by atoms with Crippen molar-refractivity contribution in [2.75, 3.05) is 0 Å². The Hall–Kier alpha value is -2.46. The second-order valence-corrected chi connectivity index (χ2v) is 5.93. The molecule has 0 aliphatic carbocycles. The quantitative estimate of drug-likeness (QED) is 0.515. The van der Waals surface area contributed by atoms with E-state index in [0.29, 0.717) is 0 Å². The maximum Gasteiger partial charge on any atom is 0.215 e. The van der Waals surface area contributed by atoms with Crippen LogP contribution in [0.3, 0.4) is 0 Å². The van der Waals surface area contributed by atoms with E-state index in [9.17, 15) is 0 Å². The average Bonchev–Trinajstić information content (AvgIpc) is 2.89. The van der Waals surface area contributed by atoms with E-state index in [1.54, 1.807) is 17.6 Å². The summed E-state index contributed by atoms with van der Waals surface area (Å²) in [6.07, 6.45) is 1.79. The van der Waals surface area contributed by atoms with Gasteiger partial charge in [0.25, 0.3) is 0 Å². The molecule has 3 rings (SSSR count). The average molecular weight is 307 g/mol. The Morgan fingerprint density at radius 2 is 1.82 bits per heavy atom. The van der Waals surface area contributed by atoms with E-state index in [1.165, 1.54) is 5.56 Å². The Morgan fingerprint density at radius 1 is 1.00 bits per heavy atom. The van der Waals surface area contributed by atoms with Crippen LogP contribution in [0.15, 0.2) is 70.2 Å². The lowest BCUT2D eigenvalue weighted by atomic mass is 10.2. The molecule has 110 valence electrons. The van der Waals surface area contributed by atoms with E-state index in [-0.39, 0.29) is 0 Å². The molecule has 0 atom stereocenters. The zero-order valence-corrected chi connectivity index (χ0v) is 13.4. The summed E-state index contributed by atoms with van der Waals surface area (Å²) in [6, 6.07) is 18.4. The predicted molar refractivity (Wildman–Crippen MR) is 92.7 cm³/mol. The fourth-order valence-corrected chi connectivity index (χ4v) is 3.08. The van der Waals surface area contributed by atoms with Crippen molar-refractivity contribution >= 4 is 17.6 Å². The third-order valence-corrected chi connectivity index (χ3v) is 4.22. The standard InChI is InChI=1S/C18H17N3S/c1-14-7-6-8-16(11-14)12-19-20-18-21(15(2)13-22-18)17-9-4-3-5-10-17/h3-13H,1-2H3/b19-12-,20-18-. The van der Waals surface area contributed by atoms with Gasteiger partial charge in [-0.1, -0.05) is 48.0 Å². The van der Waals surface area contributed by atoms with Gasteiger partial charge >= 0.3 is 0 Å². The van der Waals surface area contributed by atoms with Gasteiger partial charge in [-0.15, -0.1) is 16.4 Å². The first-order chi connectivity index (χ1) is 10.7. The van der Waals surface area contributed by atoms with Gasteiger partial charge in [0.15, 0.2) is 0 Å². The van der Waals surface area contributed by atoms with Crippen molar-refractivity contribution in [2.45, 2.75) is 13.8 Å². The summed E-state index contributed by atoms with van der Waals surface area (Å²) in [4.78, 5) is 0.868. The first kappa shape index (κ1) is 14.5. The van der Waals surface area contributed by atoms with Crippen molar-refractivity contribution in [1.29, 1.82) is 0 Å². The molecule has 0 amide bonds. The molecule has 0 aliphatic rings. The van der Waals surface area contributed by atoms with Crippen LogP contribution in [0.5, 0.6) is 0 Å². The minimum absolute atomic E-state index is 0.868. The summed E-state index contributed by atoms with van der Waals surface area (Å²) in [7, 11) is 0. The summed E-state index contributed by atoms with van der Waals surface area (Å²) in [5.74, 6) is 0. The number of para-hydroxylation sites is 1. The molecule has 0 radical (unpaired) electrons. The molecule has 2 aromatic carbocycles. The molecule has 3 aromatic rings. The number of thiazole rings is 1. The van der Waals surface area contributed by atoms with E-state index in [0.717, 1.165) is 21.7 Å². The smallest absolute Gasteiger partial charge is 0.215 e. The van der Waals surface area contributed by atoms with Crippen LogP contribution in [0.25, 0.3) is 5.69 Å². The Morgan fingerprint density at radius 3 is 2.59 bits per heavy atom. The van der Waals surface area contributed by atoms with Crippen LogP contribution in [0.1, 0.15) is 16.8 Å². The minimum atomic E-state index is 0.868. The van der Waals surface area contributed by atoms with Crippen molar-refractivity contribution < 1.29 is 0 Å². The second-order valence-electron chi connectivity index (χ2n) is 5.09. The summed E-state index contributed by atoms with van der Waals surface area (Å²) >= 11 is 1.59.